The summed E-state index contributed by atoms with van der Waals surface area (Å²) in [5.41, 5.74) is 2.79. The van der Waals surface area contributed by atoms with E-state index in [0.29, 0.717) is 6.04 Å². The van der Waals surface area contributed by atoms with Crippen LogP contribution in [0.1, 0.15) is 36.0 Å². The minimum absolute atomic E-state index is 0.0316. The van der Waals surface area contributed by atoms with Crippen LogP contribution in [0.25, 0.3) is 11.1 Å². The third-order valence-electron chi connectivity index (χ3n) is 5.34. The molecule has 136 valence electrons. The van der Waals surface area contributed by atoms with Crippen molar-refractivity contribution in [3.05, 3.63) is 48.2 Å². The smallest absolute Gasteiger partial charge is 0.251 e. The van der Waals surface area contributed by atoms with Crippen molar-refractivity contribution in [2.24, 2.45) is 0 Å². The molecule has 2 N–H and O–H groups in total. The van der Waals surface area contributed by atoms with Crippen molar-refractivity contribution < 1.29 is 4.79 Å². The van der Waals surface area contributed by atoms with Crippen LogP contribution in [-0.4, -0.2) is 43.1 Å². The Kier molecular flexibility index (Phi) is 5.16. The lowest BCUT2D eigenvalue weighted by molar-refractivity contribution is 0.0938. The Morgan fingerprint density at radius 3 is 2.62 bits per heavy atom. The third-order valence-corrected chi connectivity index (χ3v) is 5.34. The summed E-state index contributed by atoms with van der Waals surface area (Å²) in [6, 6.07) is 12.3. The Morgan fingerprint density at radius 1 is 1.08 bits per heavy atom. The molecule has 26 heavy (non-hydrogen) atoms. The molecule has 1 saturated heterocycles. The van der Waals surface area contributed by atoms with Crippen LogP contribution in [0.3, 0.4) is 0 Å². The summed E-state index contributed by atoms with van der Waals surface area (Å²) in [6.45, 7) is 3.98. The Balaban J connectivity index is 1.47. The second kappa shape index (κ2) is 7.87. The van der Waals surface area contributed by atoms with Crippen molar-refractivity contribution in [1.29, 1.82) is 0 Å². The van der Waals surface area contributed by atoms with Gasteiger partial charge in [-0.2, -0.15) is 0 Å². The minimum Gasteiger partial charge on any atom is -0.354 e. The van der Waals surface area contributed by atoms with Gasteiger partial charge in [-0.3, -0.25) is 4.79 Å². The van der Waals surface area contributed by atoms with Gasteiger partial charge in [-0.15, -0.1) is 0 Å². The van der Waals surface area contributed by atoms with E-state index in [1.54, 1.807) is 0 Å². The average Bonchev–Trinajstić information content (AvgIpc) is 3.22. The third kappa shape index (κ3) is 3.88. The van der Waals surface area contributed by atoms with Gasteiger partial charge in [-0.25, -0.2) is 4.98 Å². The minimum atomic E-state index is 0.0316. The monoisotopic (exact) mass is 350 g/mol. The van der Waals surface area contributed by atoms with Gasteiger partial charge in [-0.05, 0) is 42.7 Å². The van der Waals surface area contributed by atoms with Crippen molar-refractivity contribution >= 4 is 11.7 Å². The fourth-order valence-electron chi connectivity index (χ4n) is 3.82. The first-order valence-electron chi connectivity index (χ1n) is 9.62. The number of anilines is 1. The van der Waals surface area contributed by atoms with E-state index in [4.69, 9.17) is 0 Å². The van der Waals surface area contributed by atoms with Crippen molar-refractivity contribution in [1.82, 2.24) is 15.6 Å². The number of benzene rings is 1. The van der Waals surface area contributed by atoms with Crippen LogP contribution in [0.15, 0.2) is 42.6 Å². The molecule has 2 aliphatic rings. The highest BCUT2D eigenvalue weighted by Gasteiger charge is 2.18. The van der Waals surface area contributed by atoms with Gasteiger partial charge < -0.3 is 15.5 Å². The number of rotatable bonds is 4. The van der Waals surface area contributed by atoms with Crippen LogP contribution in [0.2, 0.25) is 0 Å². The number of nitrogens with one attached hydrogen (secondary N) is 2. The second-order valence-corrected chi connectivity index (χ2v) is 7.18. The Labute approximate surface area is 154 Å². The van der Waals surface area contributed by atoms with Crippen molar-refractivity contribution in [3.63, 3.8) is 0 Å². The highest BCUT2D eigenvalue weighted by molar-refractivity contribution is 5.95. The fraction of sp³-hybridized carbons (Fsp3) is 0.429. The molecule has 5 nitrogen and oxygen atoms in total. The first-order chi connectivity index (χ1) is 12.8. The number of piperazine rings is 1. The molecule has 2 fully saturated rings. The summed E-state index contributed by atoms with van der Waals surface area (Å²) in [5, 5.41) is 6.52. The van der Waals surface area contributed by atoms with Crippen LogP contribution in [0.4, 0.5) is 5.82 Å². The van der Waals surface area contributed by atoms with Crippen LogP contribution in [0.5, 0.6) is 0 Å². The summed E-state index contributed by atoms with van der Waals surface area (Å²) in [6.07, 6.45) is 6.54. The zero-order chi connectivity index (χ0) is 17.8. The quantitative estimate of drug-likeness (QED) is 0.890. The maximum absolute atomic E-state index is 12.5. The van der Waals surface area contributed by atoms with Crippen LogP contribution in [-0.2, 0) is 0 Å². The molecule has 1 amide bonds. The lowest BCUT2D eigenvalue weighted by Gasteiger charge is -2.28. The topological polar surface area (TPSA) is 57.3 Å². The van der Waals surface area contributed by atoms with Gasteiger partial charge in [-0.1, -0.05) is 25.0 Å². The Morgan fingerprint density at radius 2 is 1.88 bits per heavy atom. The number of carbonyl (C=O) groups excluding carboxylic acids is 1. The van der Waals surface area contributed by atoms with E-state index >= 15 is 0 Å². The molecule has 1 aromatic heterocycles. The number of hydrogen-bond donors (Lipinski definition) is 2. The highest BCUT2D eigenvalue weighted by Crippen LogP contribution is 2.23. The molecule has 0 atom stereocenters. The molecular weight excluding hydrogens is 324 g/mol. The molecule has 2 aromatic rings. The van der Waals surface area contributed by atoms with E-state index in [0.717, 1.165) is 61.5 Å². The maximum Gasteiger partial charge on any atom is 0.251 e. The average molecular weight is 350 g/mol. The fourth-order valence-corrected chi connectivity index (χ4v) is 3.82. The molecule has 1 saturated carbocycles. The summed E-state index contributed by atoms with van der Waals surface area (Å²) in [5.74, 6) is 1.05. The van der Waals surface area contributed by atoms with Crippen molar-refractivity contribution in [2.45, 2.75) is 31.7 Å². The van der Waals surface area contributed by atoms with Gasteiger partial charge in [0.05, 0.1) is 0 Å². The van der Waals surface area contributed by atoms with Gasteiger partial charge in [0.1, 0.15) is 5.82 Å². The molecule has 0 bridgehead atoms. The lowest BCUT2D eigenvalue weighted by atomic mass is 10.0. The number of hydrogen-bond acceptors (Lipinski definition) is 4. The van der Waals surface area contributed by atoms with E-state index in [1.807, 2.05) is 30.5 Å². The summed E-state index contributed by atoms with van der Waals surface area (Å²) in [7, 11) is 0. The molecule has 0 spiro atoms. The number of amides is 1. The zero-order valence-corrected chi connectivity index (χ0v) is 15.1. The largest absolute Gasteiger partial charge is 0.354 e. The molecule has 1 aromatic carbocycles. The van der Waals surface area contributed by atoms with Crippen molar-refractivity contribution in [3.8, 4) is 11.1 Å². The van der Waals surface area contributed by atoms with Gasteiger partial charge >= 0.3 is 0 Å². The molecule has 5 heteroatoms. The normalized spacial score (nSPS) is 18.1. The number of nitrogens with zero attached hydrogens (tertiary/aromatic N) is 2. The molecule has 0 unspecified atom stereocenters. The Bertz CT molecular complexity index is 747. The lowest BCUT2D eigenvalue weighted by Crippen LogP contribution is -2.43. The van der Waals surface area contributed by atoms with E-state index in [2.05, 4.69) is 32.7 Å². The van der Waals surface area contributed by atoms with Crippen LogP contribution >= 0.6 is 0 Å². The van der Waals surface area contributed by atoms with Crippen molar-refractivity contribution in [2.75, 3.05) is 31.1 Å². The van der Waals surface area contributed by atoms with E-state index < -0.39 is 0 Å². The number of aromatic nitrogens is 1. The standard InChI is InChI=1S/C21H26N4O/c26-21(24-19-6-1-2-7-19)17-5-3-4-16(14-17)18-8-9-20(23-15-18)25-12-10-22-11-13-25/h3-5,8-9,14-15,19,22H,1-2,6-7,10-13H2,(H,24,26). The summed E-state index contributed by atoms with van der Waals surface area (Å²) < 4.78 is 0. The molecule has 1 aliphatic carbocycles. The molecule has 0 radical (unpaired) electrons. The van der Waals surface area contributed by atoms with Gasteiger partial charge in [0, 0.05) is 49.5 Å². The molecule has 4 rings (SSSR count). The Hall–Kier alpha value is -2.40. The predicted molar refractivity (Wildman–Crippen MR) is 104 cm³/mol. The summed E-state index contributed by atoms with van der Waals surface area (Å²) in [4.78, 5) is 19.4. The van der Waals surface area contributed by atoms with Gasteiger partial charge in [0.25, 0.3) is 5.91 Å². The SMILES string of the molecule is O=C(NC1CCCC1)c1cccc(-c2ccc(N3CCNCC3)nc2)c1. The molecule has 2 heterocycles. The van der Waals surface area contributed by atoms with E-state index in [9.17, 15) is 4.79 Å². The molecular formula is C21H26N4O. The highest BCUT2D eigenvalue weighted by atomic mass is 16.1. The van der Waals surface area contributed by atoms with Gasteiger partial charge in [0.15, 0.2) is 0 Å². The van der Waals surface area contributed by atoms with Gasteiger partial charge in [0.2, 0.25) is 0 Å². The first kappa shape index (κ1) is 17.0. The molecule has 1 aliphatic heterocycles. The predicted octanol–water partition coefficient (Wildman–Crippen LogP) is 2.83. The van der Waals surface area contributed by atoms with E-state index in [1.165, 1.54) is 12.8 Å². The second-order valence-electron chi connectivity index (χ2n) is 7.18. The zero-order valence-electron chi connectivity index (χ0n) is 15.1. The number of pyridine rings is 1. The first-order valence-corrected chi connectivity index (χ1v) is 9.62. The number of carbonyl (C=O) groups is 1. The van der Waals surface area contributed by atoms with Crippen LogP contribution in [0, 0.1) is 0 Å². The van der Waals surface area contributed by atoms with Crippen LogP contribution < -0.4 is 15.5 Å². The maximum atomic E-state index is 12.5. The summed E-state index contributed by atoms with van der Waals surface area (Å²) >= 11 is 0. The van der Waals surface area contributed by atoms with E-state index in [-0.39, 0.29) is 5.91 Å².